The highest BCUT2D eigenvalue weighted by Crippen LogP contribution is 2.24. The lowest BCUT2D eigenvalue weighted by Gasteiger charge is -2.23. The van der Waals surface area contributed by atoms with Crippen molar-refractivity contribution in [1.29, 1.82) is 0 Å². The van der Waals surface area contributed by atoms with Gasteiger partial charge in [0.2, 0.25) is 0 Å². The molecule has 0 radical (unpaired) electrons. The van der Waals surface area contributed by atoms with E-state index in [1.165, 1.54) is 6.42 Å². The molecule has 2 aromatic heterocycles. The molecule has 7 heteroatoms. The molecule has 114 valence electrons. The molecule has 0 spiro atoms. The van der Waals surface area contributed by atoms with Gasteiger partial charge in [0, 0.05) is 32.8 Å². The van der Waals surface area contributed by atoms with Gasteiger partial charge in [-0.2, -0.15) is 5.10 Å². The van der Waals surface area contributed by atoms with Crippen molar-refractivity contribution in [2.24, 2.45) is 0 Å². The van der Waals surface area contributed by atoms with E-state index in [1.807, 2.05) is 10.6 Å². The Kier molecular flexibility index (Phi) is 4.80. The minimum absolute atomic E-state index is 0. The highest BCUT2D eigenvalue weighted by Gasteiger charge is 2.21. The van der Waals surface area contributed by atoms with E-state index in [1.54, 1.807) is 31.4 Å². The molecule has 1 aliphatic rings. The van der Waals surface area contributed by atoms with Gasteiger partial charge in [-0.25, -0.2) is 9.50 Å². The van der Waals surface area contributed by atoms with Crippen LogP contribution < -0.4 is 5.32 Å². The molecule has 0 aliphatic carbocycles. The summed E-state index contributed by atoms with van der Waals surface area (Å²) >= 11 is 0. The zero-order valence-corrected chi connectivity index (χ0v) is 13.1. The van der Waals surface area contributed by atoms with E-state index < -0.39 is 0 Å². The van der Waals surface area contributed by atoms with E-state index in [2.05, 4.69) is 15.4 Å². The fourth-order valence-electron chi connectivity index (χ4n) is 2.72. The number of rotatable bonds is 2. The van der Waals surface area contributed by atoms with Gasteiger partial charge in [0.1, 0.15) is 5.56 Å². The van der Waals surface area contributed by atoms with E-state index >= 15 is 0 Å². The van der Waals surface area contributed by atoms with Crippen LogP contribution in [0.3, 0.4) is 0 Å². The zero-order valence-electron chi connectivity index (χ0n) is 12.2. The molecule has 1 aliphatic heterocycles. The Balaban J connectivity index is 0.00000161. The lowest BCUT2D eigenvalue weighted by atomic mass is 9.96. The first-order valence-electron chi connectivity index (χ1n) is 6.93. The van der Waals surface area contributed by atoms with Gasteiger partial charge in [0.15, 0.2) is 5.65 Å². The largest absolute Gasteiger partial charge is 0.345 e. The Bertz CT molecular complexity index is 633. The van der Waals surface area contributed by atoms with E-state index in [0.29, 0.717) is 17.1 Å². The maximum absolute atomic E-state index is 12.1. The van der Waals surface area contributed by atoms with Gasteiger partial charge in [-0.05, 0) is 25.5 Å². The normalized spacial score (nSPS) is 18.3. The van der Waals surface area contributed by atoms with Crippen molar-refractivity contribution in [3.05, 3.63) is 29.7 Å². The van der Waals surface area contributed by atoms with Gasteiger partial charge in [0.25, 0.3) is 5.91 Å². The van der Waals surface area contributed by atoms with Gasteiger partial charge in [-0.3, -0.25) is 4.79 Å². The van der Waals surface area contributed by atoms with Crippen LogP contribution in [-0.4, -0.2) is 52.6 Å². The molecule has 0 aromatic carbocycles. The van der Waals surface area contributed by atoms with Crippen LogP contribution in [0.2, 0.25) is 0 Å². The van der Waals surface area contributed by atoms with Gasteiger partial charge < -0.3 is 10.2 Å². The first-order chi connectivity index (χ1) is 9.68. The summed E-state index contributed by atoms with van der Waals surface area (Å²) in [7, 11) is 3.47. The first kappa shape index (κ1) is 15.7. The number of nitrogens with zero attached hydrogens (tertiary/aromatic N) is 4. The second kappa shape index (κ2) is 6.41. The van der Waals surface area contributed by atoms with Crippen molar-refractivity contribution in [2.75, 3.05) is 27.2 Å². The number of aromatic nitrogens is 3. The molecule has 1 atom stereocenters. The number of amides is 1. The predicted octanol–water partition coefficient (Wildman–Crippen LogP) is 1.32. The fourth-order valence-corrected chi connectivity index (χ4v) is 2.72. The highest BCUT2D eigenvalue weighted by molar-refractivity contribution is 5.99. The molecule has 0 saturated carbocycles. The van der Waals surface area contributed by atoms with Crippen molar-refractivity contribution in [3.8, 4) is 0 Å². The lowest BCUT2D eigenvalue weighted by Crippen LogP contribution is -2.29. The summed E-state index contributed by atoms with van der Waals surface area (Å²) in [5.74, 6) is 0.364. The summed E-state index contributed by atoms with van der Waals surface area (Å²) < 4.78 is 1.81. The van der Waals surface area contributed by atoms with Crippen molar-refractivity contribution < 1.29 is 4.79 Å². The molecule has 3 rings (SSSR count). The predicted molar refractivity (Wildman–Crippen MR) is 83.1 cm³/mol. The Morgan fingerprint density at radius 1 is 1.48 bits per heavy atom. The second-order valence-electron chi connectivity index (χ2n) is 5.41. The monoisotopic (exact) mass is 309 g/mol. The minimum Gasteiger partial charge on any atom is -0.345 e. The van der Waals surface area contributed by atoms with Gasteiger partial charge >= 0.3 is 0 Å². The third kappa shape index (κ3) is 2.87. The standard InChI is InChI=1S/C14H19N5O.ClH/c1-18(2)14(20)11-9-17-19-12(5-7-16-13(11)19)10-4-3-6-15-8-10;/h5,7,9-10,15H,3-4,6,8H2,1-2H3;1H. The Morgan fingerprint density at radius 3 is 2.95 bits per heavy atom. The van der Waals surface area contributed by atoms with Crippen LogP contribution in [0.4, 0.5) is 0 Å². The van der Waals surface area contributed by atoms with Crippen LogP contribution in [0, 0.1) is 0 Å². The maximum atomic E-state index is 12.1. The number of piperidine rings is 1. The summed E-state index contributed by atoms with van der Waals surface area (Å²) in [5.41, 5.74) is 2.33. The van der Waals surface area contributed by atoms with Gasteiger partial charge in [-0.15, -0.1) is 12.4 Å². The molecule has 1 amide bonds. The van der Waals surface area contributed by atoms with Crippen LogP contribution in [0.15, 0.2) is 18.5 Å². The summed E-state index contributed by atoms with van der Waals surface area (Å²) in [5, 5.41) is 7.79. The Labute approximate surface area is 129 Å². The number of hydrogen-bond acceptors (Lipinski definition) is 4. The number of fused-ring (bicyclic) bond motifs is 1. The van der Waals surface area contributed by atoms with E-state index in [9.17, 15) is 4.79 Å². The lowest BCUT2D eigenvalue weighted by molar-refractivity contribution is 0.0829. The minimum atomic E-state index is -0.0635. The SMILES string of the molecule is CN(C)C(=O)c1cnn2c(C3CCCNC3)ccnc12.Cl. The van der Waals surface area contributed by atoms with Crippen molar-refractivity contribution in [2.45, 2.75) is 18.8 Å². The van der Waals surface area contributed by atoms with Crippen LogP contribution in [0.25, 0.3) is 5.65 Å². The second-order valence-corrected chi connectivity index (χ2v) is 5.41. The Morgan fingerprint density at radius 2 is 2.29 bits per heavy atom. The van der Waals surface area contributed by atoms with Gasteiger partial charge in [-0.1, -0.05) is 0 Å². The number of hydrogen-bond donors (Lipinski definition) is 1. The maximum Gasteiger partial charge on any atom is 0.258 e. The van der Waals surface area contributed by atoms with Crippen LogP contribution in [0.1, 0.15) is 34.8 Å². The summed E-state index contributed by atoms with van der Waals surface area (Å²) in [6.07, 6.45) is 5.69. The number of carbonyl (C=O) groups is 1. The third-order valence-corrected chi connectivity index (χ3v) is 3.78. The van der Waals surface area contributed by atoms with Crippen LogP contribution in [-0.2, 0) is 0 Å². The molecule has 2 aromatic rings. The Hall–Kier alpha value is -1.66. The third-order valence-electron chi connectivity index (χ3n) is 3.78. The highest BCUT2D eigenvalue weighted by atomic mass is 35.5. The van der Waals surface area contributed by atoms with E-state index in [4.69, 9.17) is 0 Å². The molecule has 1 fully saturated rings. The topological polar surface area (TPSA) is 62.5 Å². The average Bonchev–Trinajstić information content (AvgIpc) is 2.91. The summed E-state index contributed by atoms with van der Waals surface area (Å²) in [6.45, 7) is 2.03. The molecule has 3 heterocycles. The zero-order chi connectivity index (χ0) is 14.1. The molecule has 6 nitrogen and oxygen atoms in total. The number of halogens is 1. The number of carbonyl (C=O) groups excluding carboxylic acids is 1. The molecule has 1 N–H and O–H groups in total. The van der Waals surface area contributed by atoms with Crippen molar-refractivity contribution in [3.63, 3.8) is 0 Å². The first-order valence-corrected chi connectivity index (χ1v) is 6.93. The molecule has 1 saturated heterocycles. The summed E-state index contributed by atoms with van der Waals surface area (Å²) in [4.78, 5) is 18.0. The van der Waals surface area contributed by atoms with E-state index in [-0.39, 0.29) is 18.3 Å². The average molecular weight is 310 g/mol. The van der Waals surface area contributed by atoms with Crippen LogP contribution in [0.5, 0.6) is 0 Å². The molecular weight excluding hydrogens is 290 g/mol. The number of nitrogens with one attached hydrogen (secondary N) is 1. The summed E-state index contributed by atoms with van der Waals surface area (Å²) in [6, 6.07) is 2.00. The molecule has 0 bridgehead atoms. The molecule has 21 heavy (non-hydrogen) atoms. The van der Waals surface area contributed by atoms with Crippen molar-refractivity contribution in [1.82, 2.24) is 24.8 Å². The van der Waals surface area contributed by atoms with Crippen LogP contribution >= 0.6 is 12.4 Å². The van der Waals surface area contributed by atoms with E-state index in [0.717, 1.165) is 25.2 Å². The smallest absolute Gasteiger partial charge is 0.258 e. The quantitative estimate of drug-likeness (QED) is 0.909. The fraction of sp³-hybridized carbons (Fsp3) is 0.500. The van der Waals surface area contributed by atoms with Crippen molar-refractivity contribution >= 4 is 24.0 Å². The molecular formula is C14H20ClN5O. The molecule has 1 unspecified atom stereocenters. The van der Waals surface area contributed by atoms with Gasteiger partial charge in [0.05, 0.1) is 11.9 Å².